The van der Waals surface area contributed by atoms with E-state index in [0.29, 0.717) is 37.9 Å². The molecule has 0 spiro atoms. The molecule has 0 saturated carbocycles. The van der Waals surface area contributed by atoms with Crippen LogP contribution in [0.1, 0.15) is 56.8 Å². The van der Waals surface area contributed by atoms with Crippen molar-refractivity contribution in [3.8, 4) is 0 Å². The maximum absolute atomic E-state index is 13.7. The van der Waals surface area contributed by atoms with E-state index >= 15 is 0 Å². The average molecular weight is 526 g/mol. The van der Waals surface area contributed by atoms with Gasteiger partial charge in [0.05, 0.1) is 12.6 Å². The molecule has 4 rings (SSSR count). The molecule has 206 valence electrons. The molecule has 3 aliphatic heterocycles. The largest absolute Gasteiger partial charge is 0.378 e. The lowest BCUT2D eigenvalue weighted by Crippen LogP contribution is -2.53. The van der Waals surface area contributed by atoms with E-state index in [2.05, 4.69) is 5.32 Å². The molecule has 10 heteroatoms. The van der Waals surface area contributed by atoms with Crippen molar-refractivity contribution >= 4 is 35.1 Å². The first kappa shape index (κ1) is 27.6. The number of nitrogens with one attached hydrogen (secondary N) is 1. The minimum Gasteiger partial charge on any atom is -0.378 e. The van der Waals surface area contributed by atoms with Gasteiger partial charge in [-0.3, -0.25) is 24.0 Å². The molecule has 4 unspecified atom stereocenters. The molecule has 0 aromatic heterocycles. The van der Waals surface area contributed by atoms with Gasteiger partial charge in [0, 0.05) is 45.4 Å². The number of hydrogen-bond donors (Lipinski definition) is 1. The molecular weight excluding hydrogens is 486 g/mol. The number of amides is 4. The minimum absolute atomic E-state index is 0.0559. The second kappa shape index (κ2) is 11.1. The van der Waals surface area contributed by atoms with Crippen molar-refractivity contribution in [3.63, 3.8) is 0 Å². The van der Waals surface area contributed by atoms with Crippen molar-refractivity contribution in [1.29, 1.82) is 0 Å². The molecule has 0 aliphatic carbocycles. The lowest BCUT2D eigenvalue weighted by molar-refractivity contribution is -0.143. The lowest BCUT2D eigenvalue weighted by Gasteiger charge is -2.31. The highest BCUT2D eigenvalue weighted by molar-refractivity contribution is 6.01. The number of Topliss-reactive ketones (excluding diaryl/α,β-unsaturated/α-hetero) is 1. The second-order valence-corrected chi connectivity index (χ2v) is 11.2. The van der Waals surface area contributed by atoms with Crippen molar-refractivity contribution in [2.75, 3.05) is 38.6 Å². The summed E-state index contributed by atoms with van der Waals surface area (Å²) >= 11 is 0. The Morgan fingerprint density at radius 3 is 2.29 bits per heavy atom. The topological polar surface area (TPSA) is 110 Å². The van der Waals surface area contributed by atoms with Gasteiger partial charge < -0.3 is 24.9 Å². The molecule has 38 heavy (non-hydrogen) atoms. The smallest absolute Gasteiger partial charge is 0.251 e. The number of hydrogen-bond acceptors (Lipinski definition) is 6. The highest BCUT2D eigenvalue weighted by Crippen LogP contribution is 2.33. The van der Waals surface area contributed by atoms with E-state index in [9.17, 15) is 24.0 Å². The van der Waals surface area contributed by atoms with Gasteiger partial charge in [-0.25, -0.2) is 0 Å². The average Bonchev–Trinajstić information content (AvgIpc) is 3.59. The van der Waals surface area contributed by atoms with Crippen LogP contribution in [0.15, 0.2) is 24.3 Å². The number of rotatable bonds is 7. The van der Waals surface area contributed by atoms with E-state index in [0.717, 1.165) is 12.1 Å². The molecule has 1 aromatic carbocycles. The summed E-state index contributed by atoms with van der Waals surface area (Å²) in [7, 11) is 3.84. The Balaban J connectivity index is 1.48. The summed E-state index contributed by atoms with van der Waals surface area (Å²) in [5.74, 6) is -1.02. The highest BCUT2D eigenvalue weighted by atomic mass is 16.2. The maximum atomic E-state index is 13.7. The first-order valence-electron chi connectivity index (χ1n) is 13.5. The van der Waals surface area contributed by atoms with E-state index in [1.54, 1.807) is 26.8 Å². The van der Waals surface area contributed by atoms with Gasteiger partial charge in [0.15, 0.2) is 5.78 Å². The van der Waals surface area contributed by atoms with E-state index in [1.165, 1.54) is 6.92 Å². The van der Waals surface area contributed by atoms with E-state index in [-0.39, 0.29) is 41.9 Å². The van der Waals surface area contributed by atoms with Crippen LogP contribution in [0, 0.1) is 5.92 Å². The molecule has 3 fully saturated rings. The van der Waals surface area contributed by atoms with Crippen LogP contribution in [0.2, 0.25) is 0 Å². The Bertz CT molecular complexity index is 1100. The summed E-state index contributed by atoms with van der Waals surface area (Å²) in [6, 6.07) is 4.70. The Morgan fingerprint density at radius 1 is 1.00 bits per heavy atom. The third kappa shape index (κ3) is 5.39. The molecule has 1 N–H and O–H groups in total. The summed E-state index contributed by atoms with van der Waals surface area (Å²) in [6.07, 6.45) is 2.27. The lowest BCUT2D eigenvalue weighted by atomic mass is 10.0. The van der Waals surface area contributed by atoms with Gasteiger partial charge in [-0.1, -0.05) is 13.8 Å². The SMILES string of the molecule is CC(=O)N1CCCC1C(=O)N1CC(=O)C2C1CCN2C(=O)C(CC(C)C)NC(=O)c1ccc(N(C)C)cc1. The zero-order valence-electron chi connectivity index (χ0n) is 23.0. The van der Waals surface area contributed by atoms with Crippen LogP contribution in [0.25, 0.3) is 0 Å². The van der Waals surface area contributed by atoms with Crippen molar-refractivity contribution in [1.82, 2.24) is 20.0 Å². The summed E-state index contributed by atoms with van der Waals surface area (Å²) < 4.78 is 0. The normalized spacial score (nSPS) is 23.6. The molecule has 1 aromatic rings. The van der Waals surface area contributed by atoms with Crippen molar-refractivity contribution in [3.05, 3.63) is 29.8 Å². The highest BCUT2D eigenvalue weighted by Gasteiger charge is 2.53. The number of likely N-dealkylation sites (tertiary alicyclic amines) is 3. The number of fused-ring (bicyclic) bond motifs is 1. The van der Waals surface area contributed by atoms with Crippen molar-refractivity contribution in [2.24, 2.45) is 5.92 Å². The quantitative estimate of drug-likeness (QED) is 0.575. The molecule has 3 heterocycles. The zero-order valence-corrected chi connectivity index (χ0v) is 23.0. The van der Waals surface area contributed by atoms with E-state index < -0.39 is 24.2 Å². The van der Waals surface area contributed by atoms with Gasteiger partial charge in [0.2, 0.25) is 17.7 Å². The van der Waals surface area contributed by atoms with Crippen LogP contribution >= 0.6 is 0 Å². The first-order chi connectivity index (χ1) is 18.0. The van der Waals surface area contributed by atoms with Crippen LogP contribution in [-0.2, 0) is 19.2 Å². The first-order valence-corrected chi connectivity index (χ1v) is 13.5. The fourth-order valence-corrected chi connectivity index (χ4v) is 6.00. The molecule has 3 saturated heterocycles. The van der Waals surface area contributed by atoms with Crippen molar-refractivity contribution in [2.45, 2.75) is 70.6 Å². The summed E-state index contributed by atoms with van der Waals surface area (Å²) in [4.78, 5) is 72.0. The number of anilines is 1. The van der Waals surface area contributed by atoms with Gasteiger partial charge >= 0.3 is 0 Å². The van der Waals surface area contributed by atoms with E-state index in [1.807, 2.05) is 45.0 Å². The fourth-order valence-electron chi connectivity index (χ4n) is 6.00. The second-order valence-electron chi connectivity index (χ2n) is 11.2. The third-order valence-electron chi connectivity index (χ3n) is 7.89. The van der Waals surface area contributed by atoms with Crippen LogP contribution < -0.4 is 10.2 Å². The molecule has 0 radical (unpaired) electrons. The predicted octanol–water partition coefficient (Wildman–Crippen LogP) is 1.29. The molecule has 3 aliphatic rings. The van der Waals surface area contributed by atoms with Gasteiger partial charge in [0.1, 0.15) is 18.1 Å². The predicted molar refractivity (Wildman–Crippen MR) is 143 cm³/mol. The van der Waals surface area contributed by atoms with Crippen molar-refractivity contribution < 1.29 is 24.0 Å². The molecule has 10 nitrogen and oxygen atoms in total. The monoisotopic (exact) mass is 525 g/mol. The molecule has 0 bridgehead atoms. The van der Waals surface area contributed by atoms with Crippen LogP contribution in [-0.4, -0.2) is 102 Å². The van der Waals surface area contributed by atoms with Gasteiger partial charge in [-0.2, -0.15) is 0 Å². The van der Waals surface area contributed by atoms with Gasteiger partial charge in [-0.15, -0.1) is 0 Å². The van der Waals surface area contributed by atoms with Gasteiger partial charge in [-0.05, 0) is 55.9 Å². The Hall–Kier alpha value is -3.43. The minimum atomic E-state index is -0.782. The third-order valence-corrected chi connectivity index (χ3v) is 7.89. The Labute approximate surface area is 224 Å². The van der Waals surface area contributed by atoms with E-state index in [4.69, 9.17) is 0 Å². The summed E-state index contributed by atoms with van der Waals surface area (Å²) in [5.41, 5.74) is 1.42. The molecular formula is C28H39N5O5. The molecule has 4 amide bonds. The number of ketones is 1. The van der Waals surface area contributed by atoms with Crippen LogP contribution in [0.3, 0.4) is 0 Å². The standard InChI is InChI=1S/C28H39N5O5/c1-17(2)15-21(29-26(36)19-8-10-20(11-9-19)30(4)5)27(37)32-14-12-22-25(32)24(35)16-33(22)28(38)23-7-6-13-31(23)18(3)34/h8-11,17,21-23,25H,6-7,12-16H2,1-5H3,(H,29,36). The fraction of sp³-hybridized carbons (Fsp3) is 0.607. The molecule has 4 atom stereocenters. The number of nitrogens with zero attached hydrogens (tertiary/aromatic N) is 4. The maximum Gasteiger partial charge on any atom is 0.251 e. The zero-order chi connectivity index (χ0) is 27.7. The Kier molecular flexibility index (Phi) is 8.08. The van der Waals surface area contributed by atoms with Crippen LogP contribution in [0.5, 0.6) is 0 Å². The van der Waals surface area contributed by atoms with Gasteiger partial charge in [0.25, 0.3) is 5.91 Å². The summed E-state index contributed by atoms with van der Waals surface area (Å²) in [6.45, 7) is 6.25. The Morgan fingerprint density at radius 2 is 1.68 bits per heavy atom. The number of benzene rings is 1. The van der Waals surface area contributed by atoms with Crippen LogP contribution in [0.4, 0.5) is 5.69 Å². The number of carbonyl (C=O) groups is 5. The summed E-state index contributed by atoms with van der Waals surface area (Å²) in [5, 5.41) is 2.90. The number of carbonyl (C=O) groups excluding carboxylic acids is 5.